The Morgan fingerprint density at radius 3 is 2.85 bits per heavy atom. The molecule has 0 atom stereocenters. The van der Waals surface area contributed by atoms with E-state index in [4.69, 9.17) is 10.6 Å². The van der Waals surface area contributed by atoms with Crippen molar-refractivity contribution < 1.29 is 9.63 Å². The summed E-state index contributed by atoms with van der Waals surface area (Å²) in [5.74, 6) is 1.39. The van der Waals surface area contributed by atoms with Crippen LogP contribution >= 0.6 is 0 Å². The summed E-state index contributed by atoms with van der Waals surface area (Å²) in [6.07, 6.45) is 0. The lowest BCUT2D eigenvalue weighted by molar-refractivity contribution is 0.0467. The minimum Gasteiger partial charge on any atom is -0.350 e. The summed E-state index contributed by atoms with van der Waals surface area (Å²) in [5.41, 5.74) is 6.77. The normalized spacial score (nSPS) is 10.0. The van der Waals surface area contributed by atoms with E-state index in [2.05, 4.69) is 10.2 Å². The zero-order valence-corrected chi connectivity index (χ0v) is 7.44. The van der Waals surface area contributed by atoms with E-state index >= 15 is 0 Å². The largest absolute Gasteiger partial charge is 0.350 e. The van der Waals surface area contributed by atoms with Crippen molar-refractivity contribution in [2.75, 3.05) is 0 Å². The second-order valence-corrected chi connectivity index (χ2v) is 2.48. The Hall–Kier alpha value is -1.63. The third-order valence-electron chi connectivity index (χ3n) is 1.56. The van der Waals surface area contributed by atoms with Crippen molar-refractivity contribution >= 4 is 6.03 Å². The quantitative estimate of drug-likeness (QED) is 0.604. The van der Waals surface area contributed by atoms with Gasteiger partial charge < -0.3 is 10.3 Å². The number of aryl methyl sites for hydroxylation is 1. The maximum atomic E-state index is 10.2. The third-order valence-corrected chi connectivity index (χ3v) is 1.56. The van der Waals surface area contributed by atoms with Crippen LogP contribution < -0.4 is 11.2 Å². The number of amides is 2. The molecule has 1 aromatic rings. The monoisotopic (exact) mass is 185 g/mol. The number of rotatable bonds is 3. The van der Waals surface area contributed by atoms with E-state index < -0.39 is 6.03 Å². The molecule has 0 aromatic carbocycles. The van der Waals surface area contributed by atoms with Crippen LogP contribution in [0.15, 0.2) is 0 Å². The van der Waals surface area contributed by atoms with Gasteiger partial charge in [0.15, 0.2) is 5.82 Å². The molecule has 0 saturated carbocycles. The van der Waals surface area contributed by atoms with Crippen LogP contribution in [-0.2, 0) is 18.5 Å². The Labute approximate surface area is 74.8 Å². The molecule has 7 heteroatoms. The Balaban J connectivity index is 2.45. The third kappa shape index (κ3) is 2.41. The highest BCUT2D eigenvalue weighted by Gasteiger charge is 2.04. The van der Waals surface area contributed by atoms with E-state index in [1.165, 1.54) is 0 Å². The number of hydroxylamine groups is 1. The first-order valence-corrected chi connectivity index (χ1v) is 3.63. The van der Waals surface area contributed by atoms with Gasteiger partial charge in [0.1, 0.15) is 12.4 Å². The van der Waals surface area contributed by atoms with Gasteiger partial charge in [-0.05, 0) is 6.92 Å². The van der Waals surface area contributed by atoms with Crippen LogP contribution in [0.1, 0.15) is 11.6 Å². The summed E-state index contributed by atoms with van der Waals surface area (Å²) in [7, 11) is 1.80. The molecule has 0 saturated heterocycles. The number of nitrogens with zero attached hydrogens (tertiary/aromatic N) is 3. The van der Waals surface area contributed by atoms with Gasteiger partial charge in [-0.2, -0.15) is 0 Å². The number of nitrogens with two attached hydrogens (primary N) is 1. The summed E-state index contributed by atoms with van der Waals surface area (Å²) in [6.45, 7) is 1.96. The lowest BCUT2D eigenvalue weighted by Crippen LogP contribution is -2.29. The molecule has 0 spiro atoms. The second kappa shape index (κ2) is 3.85. The molecule has 0 radical (unpaired) electrons. The van der Waals surface area contributed by atoms with E-state index in [0.717, 1.165) is 5.82 Å². The van der Waals surface area contributed by atoms with Gasteiger partial charge in [0, 0.05) is 7.05 Å². The van der Waals surface area contributed by atoms with Crippen LogP contribution in [-0.4, -0.2) is 20.8 Å². The van der Waals surface area contributed by atoms with Gasteiger partial charge in [-0.1, -0.05) is 0 Å². The molecule has 3 N–H and O–H groups in total. The molecule has 0 unspecified atom stereocenters. The van der Waals surface area contributed by atoms with Crippen molar-refractivity contribution in [2.45, 2.75) is 13.5 Å². The van der Waals surface area contributed by atoms with Crippen molar-refractivity contribution in [3.63, 3.8) is 0 Å². The van der Waals surface area contributed by atoms with Gasteiger partial charge in [-0.15, -0.1) is 10.2 Å². The molecule has 0 fully saturated rings. The number of hydrogen-bond acceptors (Lipinski definition) is 4. The topological polar surface area (TPSA) is 95.1 Å². The summed E-state index contributed by atoms with van der Waals surface area (Å²) in [5, 5.41) is 7.61. The zero-order chi connectivity index (χ0) is 9.84. The standard InChI is InChI=1S/C6H11N5O2/c1-4-8-9-5(11(4)2)3-13-10-6(7)12/h3H2,1-2H3,(H3,7,10,12). The maximum Gasteiger partial charge on any atom is 0.336 e. The van der Waals surface area contributed by atoms with Crippen LogP contribution in [0.4, 0.5) is 4.79 Å². The number of primary amides is 1. The Kier molecular flexibility index (Phi) is 2.80. The molecule has 1 rings (SSSR count). The van der Waals surface area contributed by atoms with E-state index in [0.29, 0.717) is 5.82 Å². The molecule has 7 nitrogen and oxygen atoms in total. The Morgan fingerprint density at radius 2 is 2.38 bits per heavy atom. The summed E-state index contributed by atoms with van der Waals surface area (Å²) < 4.78 is 1.75. The second-order valence-electron chi connectivity index (χ2n) is 2.48. The van der Waals surface area contributed by atoms with Crippen molar-refractivity contribution in [3.8, 4) is 0 Å². The fourth-order valence-corrected chi connectivity index (χ4v) is 0.748. The maximum absolute atomic E-state index is 10.2. The number of carbonyl (C=O) groups is 1. The lowest BCUT2D eigenvalue weighted by atomic mass is 10.6. The smallest absolute Gasteiger partial charge is 0.336 e. The molecule has 13 heavy (non-hydrogen) atoms. The first kappa shape index (κ1) is 9.46. The minimum atomic E-state index is -0.737. The average molecular weight is 185 g/mol. The van der Waals surface area contributed by atoms with Crippen molar-refractivity contribution in [3.05, 3.63) is 11.6 Å². The highest BCUT2D eigenvalue weighted by Crippen LogP contribution is 1.97. The highest BCUT2D eigenvalue weighted by molar-refractivity contribution is 5.70. The van der Waals surface area contributed by atoms with Gasteiger partial charge in [0.05, 0.1) is 0 Å². The predicted octanol–water partition coefficient (Wildman–Crippen LogP) is -0.777. The highest BCUT2D eigenvalue weighted by atomic mass is 16.7. The molecule has 2 amide bonds. The van der Waals surface area contributed by atoms with Crippen LogP contribution in [0.3, 0.4) is 0 Å². The van der Waals surface area contributed by atoms with Crippen molar-refractivity contribution in [1.82, 2.24) is 20.2 Å². The first-order chi connectivity index (χ1) is 6.11. The molecule has 0 aliphatic carbocycles. The molecular formula is C6H11N5O2. The molecule has 0 bridgehead atoms. The fourth-order valence-electron chi connectivity index (χ4n) is 0.748. The van der Waals surface area contributed by atoms with Crippen molar-refractivity contribution in [2.24, 2.45) is 12.8 Å². The van der Waals surface area contributed by atoms with Crippen LogP contribution in [0.5, 0.6) is 0 Å². The number of carbonyl (C=O) groups excluding carboxylic acids is 1. The molecule has 1 aromatic heterocycles. The minimum absolute atomic E-state index is 0.139. The molecular weight excluding hydrogens is 174 g/mol. The van der Waals surface area contributed by atoms with E-state index in [9.17, 15) is 4.79 Å². The van der Waals surface area contributed by atoms with Crippen LogP contribution in [0.2, 0.25) is 0 Å². The number of urea groups is 1. The summed E-state index contributed by atoms with van der Waals surface area (Å²) in [4.78, 5) is 15.0. The average Bonchev–Trinajstić information content (AvgIpc) is 2.35. The van der Waals surface area contributed by atoms with Crippen molar-refractivity contribution in [1.29, 1.82) is 0 Å². The van der Waals surface area contributed by atoms with Gasteiger partial charge in [-0.25, -0.2) is 10.3 Å². The molecule has 0 aliphatic rings. The van der Waals surface area contributed by atoms with Gasteiger partial charge >= 0.3 is 6.03 Å². The lowest BCUT2D eigenvalue weighted by Gasteiger charge is -2.02. The van der Waals surface area contributed by atoms with E-state index in [1.807, 2.05) is 12.4 Å². The molecule has 72 valence electrons. The molecule has 1 heterocycles. The van der Waals surface area contributed by atoms with Gasteiger partial charge in [0.2, 0.25) is 0 Å². The first-order valence-electron chi connectivity index (χ1n) is 3.63. The Morgan fingerprint density at radius 1 is 1.69 bits per heavy atom. The van der Waals surface area contributed by atoms with Gasteiger partial charge in [0.25, 0.3) is 0 Å². The van der Waals surface area contributed by atoms with Gasteiger partial charge in [-0.3, -0.25) is 4.84 Å². The molecule has 0 aliphatic heterocycles. The SMILES string of the molecule is Cc1nnc(CONC(N)=O)n1C. The fraction of sp³-hybridized carbons (Fsp3) is 0.500. The van der Waals surface area contributed by atoms with Crippen LogP contribution in [0, 0.1) is 6.92 Å². The number of nitrogens with one attached hydrogen (secondary N) is 1. The van der Waals surface area contributed by atoms with E-state index in [1.54, 1.807) is 11.6 Å². The van der Waals surface area contributed by atoms with Crippen LogP contribution in [0.25, 0.3) is 0 Å². The van der Waals surface area contributed by atoms with E-state index in [-0.39, 0.29) is 6.61 Å². The number of hydrogen-bond donors (Lipinski definition) is 2. The Bertz CT molecular complexity index is 308. The zero-order valence-electron chi connectivity index (χ0n) is 7.44. The summed E-state index contributed by atoms with van der Waals surface area (Å²) in [6, 6.07) is -0.737. The summed E-state index contributed by atoms with van der Waals surface area (Å²) >= 11 is 0. The number of aromatic nitrogens is 3. The predicted molar refractivity (Wildman–Crippen MR) is 43.2 cm³/mol.